The van der Waals surface area contributed by atoms with Gasteiger partial charge in [0.1, 0.15) is 0 Å². The van der Waals surface area contributed by atoms with E-state index in [1.807, 2.05) is 0 Å². The molecule has 90 valence electrons. The largest absolute Gasteiger partial charge is 0.465 e. The maximum absolute atomic E-state index is 11.6. The molecule has 0 spiro atoms. The van der Waals surface area contributed by atoms with Gasteiger partial charge in [-0.05, 0) is 19.3 Å². The fourth-order valence-corrected chi connectivity index (χ4v) is 2.38. The summed E-state index contributed by atoms with van der Waals surface area (Å²) in [5.74, 6) is 0. The summed E-state index contributed by atoms with van der Waals surface area (Å²) in [6.45, 7) is 2.50. The monoisotopic (exact) mass is 227 g/mol. The molecule has 2 aliphatic rings. The average Bonchev–Trinajstić information content (AvgIpc) is 2.30. The first-order valence-corrected chi connectivity index (χ1v) is 5.71. The van der Waals surface area contributed by atoms with Crippen LogP contribution in [0.4, 0.5) is 9.59 Å². The molecule has 2 saturated heterocycles. The summed E-state index contributed by atoms with van der Waals surface area (Å²) in [7, 11) is 0. The molecule has 6 nitrogen and oxygen atoms in total. The number of urea groups is 1. The van der Waals surface area contributed by atoms with Crippen LogP contribution in [-0.2, 0) is 0 Å². The fraction of sp³-hybridized carbons (Fsp3) is 0.800. The molecule has 2 fully saturated rings. The highest BCUT2D eigenvalue weighted by atomic mass is 16.4. The van der Waals surface area contributed by atoms with Crippen molar-refractivity contribution in [2.24, 2.45) is 0 Å². The van der Waals surface area contributed by atoms with Gasteiger partial charge in [-0.3, -0.25) is 0 Å². The number of likely N-dealkylation sites (tertiary alicyclic amines) is 1. The Labute approximate surface area is 94.2 Å². The van der Waals surface area contributed by atoms with Gasteiger partial charge in [0.05, 0.1) is 6.04 Å². The lowest BCUT2D eigenvalue weighted by molar-refractivity contribution is 0.0909. The van der Waals surface area contributed by atoms with E-state index < -0.39 is 6.09 Å². The van der Waals surface area contributed by atoms with E-state index in [4.69, 9.17) is 5.11 Å². The first-order chi connectivity index (χ1) is 7.68. The van der Waals surface area contributed by atoms with Crippen molar-refractivity contribution in [2.45, 2.75) is 25.3 Å². The normalized spacial score (nSPS) is 26.5. The van der Waals surface area contributed by atoms with E-state index in [-0.39, 0.29) is 12.1 Å². The van der Waals surface area contributed by atoms with Crippen LogP contribution in [0, 0.1) is 0 Å². The molecule has 0 aromatic heterocycles. The average molecular weight is 227 g/mol. The van der Waals surface area contributed by atoms with Crippen molar-refractivity contribution in [3.05, 3.63) is 0 Å². The van der Waals surface area contributed by atoms with Crippen molar-refractivity contribution in [1.82, 2.24) is 15.1 Å². The third-order valence-electron chi connectivity index (χ3n) is 3.22. The third kappa shape index (κ3) is 2.20. The molecule has 3 amide bonds. The summed E-state index contributed by atoms with van der Waals surface area (Å²) in [5, 5.41) is 11.7. The molecule has 0 unspecified atom stereocenters. The predicted octanol–water partition coefficient (Wildman–Crippen LogP) is 0.544. The predicted molar refractivity (Wildman–Crippen MR) is 57.3 cm³/mol. The van der Waals surface area contributed by atoms with Gasteiger partial charge in [-0.25, -0.2) is 9.59 Å². The second-order valence-corrected chi connectivity index (χ2v) is 4.30. The summed E-state index contributed by atoms with van der Waals surface area (Å²) in [6.07, 6.45) is 1.79. The Morgan fingerprint density at radius 1 is 1.38 bits per heavy atom. The van der Waals surface area contributed by atoms with Crippen molar-refractivity contribution in [2.75, 3.05) is 26.2 Å². The first-order valence-electron chi connectivity index (χ1n) is 5.71. The molecule has 2 heterocycles. The van der Waals surface area contributed by atoms with Crippen molar-refractivity contribution in [3.8, 4) is 0 Å². The maximum atomic E-state index is 11.6. The molecule has 6 heteroatoms. The van der Waals surface area contributed by atoms with Crippen LogP contribution in [-0.4, -0.2) is 59.3 Å². The molecule has 0 saturated carbocycles. The summed E-state index contributed by atoms with van der Waals surface area (Å²) in [5.41, 5.74) is 0. The highest BCUT2D eigenvalue weighted by molar-refractivity contribution is 5.75. The van der Waals surface area contributed by atoms with E-state index in [1.165, 1.54) is 4.90 Å². The summed E-state index contributed by atoms with van der Waals surface area (Å²) in [4.78, 5) is 25.7. The Bertz CT molecular complexity index is 295. The zero-order valence-corrected chi connectivity index (χ0v) is 9.19. The van der Waals surface area contributed by atoms with Crippen molar-refractivity contribution in [3.63, 3.8) is 0 Å². The minimum atomic E-state index is -0.887. The maximum Gasteiger partial charge on any atom is 0.407 e. The fourth-order valence-electron chi connectivity index (χ4n) is 2.38. The molecule has 0 aromatic carbocycles. The number of nitrogens with one attached hydrogen (secondary N) is 1. The standard InChI is InChI=1S/C10H17N3O3/c14-9-11-4-2-6-13(9)8-3-1-5-12(7-8)10(15)16/h8H,1-7H2,(H,11,14)(H,15,16)/t8-/m1/s1. The number of hydrogen-bond donors (Lipinski definition) is 2. The van der Waals surface area contributed by atoms with E-state index in [1.54, 1.807) is 4.90 Å². The SMILES string of the molecule is O=C(O)N1CCC[C@@H](N2CCCNC2=O)C1. The lowest BCUT2D eigenvalue weighted by atomic mass is 10.0. The molecule has 0 aliphatic carbocycles. The minimum absolute atomic E-state index is 0.0464. The molecule has 1 atom stereocenters. The van der Waals surface area contributed by atoms with E-state index in [0.29, 0.717) is 13.1 Å². The van der Waals surface area contributed by atoms with E-state index in [2.05, 4.69) is 5.32 Å². The van der Waals surface area contributed by atoms with Gasteiger partial charge in [0.15, 0.2) is 0 Å². The lowest BCUT2D eigenvalue weighted by Crippen LogP contribution is -2.56. The number of nitrogens with zero attached hydrogens (tertiary/aromatic N) is 2. The van der Waals surface area contributed by atoms with Gasteiger partial charge in [0.25, 0.3) is 0 Å². The van der Waals surface area contributed by atoms with Gasteiger partial charge in [-0.15, -0.1) is 0 Å². The van der Waals surface area contributed by atoms with Crippen LogP contribution in [0.3, 0.4) is 0 Å². The molecule has 0 bridgehead atoms. The highest BCUT2D eigenvalue weighted by Gasteiger charge is 2.31. The van der Waals surface area contributed by atoms with Crippen LogP contribution >= 0.6 is 0 Å². The zero-order chi connectivity index (χ0) is 11.5. The molecular formula is C10H17N3O3. The van der Waals surface area contributed by atoms with Gasteiger partial charge in [0, 0.05) is 26.2 Å². The zero-order valence-electron chi connectivity index (χ0n) is 9.19. The van der Waals surface area contributed by atoms with Gasteiger partial charge in [0.2, 0.25) is 0 Å². The number of carboxylic acid groups (broad SMARTS) is 1. The van der Waals surface area contributed by atoms with E-state index in [0.717, 1.165) is 32.4 Å². The molecule has 2 N–H and O–H groups in total. The second kappa shape index (κ2) is 4.59. The van der Waals surface area contributed by atoms with Gasteiger partial charge >= 0.3 is 12.1 Å². The minimum Gasteiger partial charge on any atom is -0.465 e. The summed E-state index contributed by atoms with van der Waals surface area (Å²) >= 11 is 0. The topological polar surface area (TPSA) is 72.9 Å². The van der Waals surface area contributed by atoms with E-state index in [9.17, 15) is 9.59 Å². The Kier molecular flexibility index (Phi) is 3.17. The molecule has 0 aromatic rings. The van der Waals surface area contributed by atoms with Gasteiger partial charge < -0.3 is 20.2 Å². The number of piperidine rings is 1. The molecule has 16 heavy (non-hydrogen) atoms. The van der Waals surface area contributed by atoms with Gasteiger partial charge in [-0.1, -0.05) is 0 Å². The smallest absolute Gasteiger partial charge is 0.407 e. The Morgan fingerprint density at radius 2 is 2.19 bits per heavy atom. The van der Waals surface area contributed by atoms with Crippen LogP contribution in [0.15, 0.2) is 0 Å². The number of carbonyl (C=O) groups excluding carboxylic acids is 1. The van der Waals surface area contributed by atoms with Crippen LogP contribution in [0.2, 0.25) is 0 Å². The quantitative estimate of drug-likeness (QED) is 0.687. The lowest BCUT2D eigenvalue weighted by Gasteiger charge is -2.40. The van der Waals surface area contributed by atoms with Crippen molar-refractivity contribution in [1.29, 1.82) is 0 Å². The van der Waals surface area contributed by atoms with Crippen LogP contribution in [0.5, 0.6) is 0 Å². The summed E-state index contributed by atoms with van der Waals surface area (Å²) in [6, 6.07) is -0.00589. The number of carbonyl (C=O) groups is 2. The Balaban J connectivity index is 1.97. The number of rotatable bonds is 1. The first kappa shape index (κ1) is 11.0. The molecule has 2 rings (SSSR count). The second-order valence-electron chi connectivity index (χ2n) is 4.30. The Morgan fingerprint density at radius 3 is 2.88 bits per heavy atom. The number of hydrogen-bond acceptors (Lipinski definition) is 2. The number of amides is 3. The van der Waals surface area contributed by atoms with Crippen LogP contribution in [0.25, 0.3) is 0 Å². The summed E-state index contributed by atoms with van der Waals surface area (Å²) < 4.78 is 0. The van der Waals surface area contributed by atoms with Crippen LogP contribution < -0.4 is 5.32 Å². The Hall–Kier alpha value is -1.46. The van der Waals surface area contributed by atoms with Crippen LogP contribution in [0.1, 0.15) is 19.3 Å². The van der Waals surface area contributed by atoms with Crippen molar-refractivity contribution < 1.29 is 14.7 Å². The molecular weight excluding hydrogens is 210 g/mol. The van der Waals surface area contributed by atoms with Crippen molar-refractivity contribution >= 4 is 12.1 Å². The molecule has 0 radical (unpaired) electrons. The van der Waals surface area contributed by atoms with E-state index >= 15 is 0 Å². The molecule has 2 aliphatic heterocycles. The van der Waals surface area contributed by atoms with Gasteiger partial charge in [-0.2, -0.15) is 0 Å². The third-order valence-corrected chi connectivity index (χ3v) is 3.22. The highest BCUT2D eigenvalue weighted by Crippen LogP contribution is 2.17.